The summed E-state index contributed by atoms with van der Waals surface area (Å²) in [4.78, 5) is 6.65. The molecule has 1 aromatic rings. The van der Waals surface area contributed by atoms with Crippen molar-refractivity contribution in [1.29, 1.82) is 0 Å². The first-order valence-corrected chi connectivity index (χ1v) is 6.04. The van der Waals surface area contributed by atoms with Crippen LogP contribution in [0.25, 0.3) is 0 Å². The monoisotopic (exact) mass is 226 g/mol. The fourth-order valence-corrected chi connectivity index (χ4v) is 1.62. The molecule has 0 aliphatic rings. The first-order chi connectivity index (χ1) is 7.27. The number of halogens is 1. The second-order valence-corrected chi connectivity index (χ2v) is 4.02. The lowest BCUT2D eigenvalue weighted by molar-refractivity contribution is 0.701. The fraction of sp³-hybridized carbons (Fsp3) is 0.583. The van der Waals surface area contributed by atoms with Gasteiger partial charge in [-0.25, -0.2) is 4.98 Å². The van der Waals surface area contributed by atoms with E-state index in [9.17, 15) is 0 Å². The quantitative estimate of drug-likeness (QED) is 0.546. The molecule has 0 atom stereocenters. The molecule has 84 valence electrons. The van der Waals surface area contributed by atoms with Crippen molar-refractivity contribution in [2.45, 2.75) is 32.1 Å². The van der Waals surface area contributed by atoms with Crippen LogP contribution < -0.4 is 4.90 Å². The number of anilines is 1. The number of rotatable bonds is 6. The molecule has 0 amide bonds. The summed E-state index contributed by atoms with van der Waals surface area (Å²) in [5.41, 5.74) is 0.941. The van der Waals surface area contributed by atoms with Gasteiger partial charge in [-0.1, -0.05) is 25.8 Å². The Kier molecular flexibility index (Phi) is 5.48. The maximum Gasteiger partial charge on any atom is 0.128 e. The first-order valence-electron chi connectivity index (χ1n) is 5.51. The Morgan fingerprint density at radius 1 is 1.33 bits per heavy atom. The summed E-state index contributed by atoms with van der Waals surface area (Å²) in [6.45, 7) is 3.28. The van der Waals surface area contributed by atoms with Crippen LogP contribution in [0.15, 0.2) is 18.2 Å². The van der Waals surface area contributed by atoms with Crippen molar-refractivity contribution in [2.75, 3.05) is 18.5 Å². The highest BCUT2D eigenvalue weighted by Gasteiger charge is 2.02. The van der Waals surface area contributed by atoms with Gasteiger partial charge >= 0.3 is 0 Å². The highest BCUT2D eigenvalue weighted by atomic mass is 35.5. The van der Waals surface area contributed by atoms with Crippen molar-refractivity contribution in [1.82, 2.24) is 4.98 Å². The van der Waals surface area contributed by atoms with Gasteiger partial charge in [0.05, 0.1) is 11.6 Å². The molecule has 0 N–H and O–H groups in total. The molecule has 3 heteroatoms. The Bertz CT molecular complexity index is 289. The number of pyridine rings is 1. The molecule has 0 fully saturated rings. The van der Waals surface area contributed by atoms with E-state index < -0.39 is 0 Å². The van der Waals surface area contributed by atoms with Crippen LogP contribution in [0.3, 0.4) is 0 Å². The van der Waals surface area contributed by atoms with Gasteiger partial charge in [-0.05, 0) is 18.6 Å². The minimum absolute atomic E-state index is 0.483. The van der Waals surface area contributed by atoms with E-state index in [0.29, 0.717) is 5.88 Å². The molecule has 0 radical (unpaired) electrons. The first kappa shape index (κ1) is 12.3. The summed E-state index contributed by atoms with van der Waals surface area (Å²) in [5.74, 6) is 1.50. The maximum atomic E-state index is 5.75. The zero-order valence-corrected chi connectivity index (χ0v) is 10.3. The van der Waals surface area contributed by atoms with E-state index in [1.165, 1.54) is 19.3 Å². The predicted octanol–water partition coefficient (Wildman–Crippen LogP) is 3.45. The average Bonchev–Trinajstić information content (AvgIpc) is 2.29. The van der Waals surface area contributed by atoms with Crippen LogP contribution in [0.4, 0.5) is 5.82 Å². The third-order valence-corrected chi connectivity index (χ3v) is 2.69. The number of unbranched alkanes of at least 4 members (excludes halogenated alkanes) is 2. The number of nitrogens with zero attached hydrogens (tertiary/aromatic N) is 2. The van der Waals surface area contributed by atoms with Gasteiger partial charge in [0, 0.05) is 13.6 Å². The summed E-state index contributed by atoms with van der Waals surface area (Å²) < 4.78 is 0. The van der Waals surface area contributed by atoms with Gasteiger partial charge in [0.2, 0.25) is 0 Å². The minimum atomic E-state index is 0.483. The molecule has 0 spiro atoms. The third kappa shape index (κ3) is 4.08. The van der Waals surface area contributed by atoms with Crippen molar-refractivity contribution < 1.29 is 0 Å². The van der Waals surface area contributed by atoms with Crippen LogP contribution in [0.5, 0.6) is 0 Å². The van der Waals surface area contributed by atoms with E-state index in [0.717, 1.165) is 18.1 Å². The maximum absolute atomic E-state index is 5.75. The molecular formula is C12H19ClN2. The lowest BCUT2D eigenvalue weighted by atomic mass is 10.2. The lowest BCUT2D eigenvalue weighted by Gasteiger charge is -2.18. The highest BCUT2D eigenvalue weighted by Crippen LogP contribution is 2.11. The Labute approximate surface area is 97.3 Å². The van der Waals surface area contributed by atoms with Gasteiger partial charge in [-0.3, -0.25) is 0 Å². The second kappa shape index (κ2) is 6.67. The summed E-state index contributed by atoms with van der Waals surface area (Å²) in [6.07, 6.45) is 3.75. The SMILES string of the molecule is CCCCCN(C)c1cccc(CCl)n1. The molecule has 0 aromatic carbocycles. The molecule has 0 unspecified atom stereocenters. The molecule has 0 aliphatic carbocycles. The normalized spacial score (nSPS) is 10.3. The van der Waals surface area contributed by atoms with Crippen LogP contribution in [0.1, 0.15) is 31.9 Å². The van der Waals surface area contributed by atoms with Crippen LogP contribution in [0, 0.1) is 0 Å². The molecule has 0 saturated carbocycles. The number of aromatic nitrogens is 1. The highest BCUT2D eigenvalue weighted by molar-refractivity contribution is 6.16. The Morgan fingerprint density at radius 2 is 2.13 bits per heavy atom. The van der Waals surface area contributed by atoms with Crippen LogP contribution in [-0.4, -0.2) is 18.6 Å². The van der Waals surface area contributed by atoms with Gasteiger partial charge in [0.15, 0.2) is 0 Å². The van der Waals surface area contributed by atoms with Crippen molar-refractivity contribution in [3.63, 3.8) is 0 Å². The van der Waals surface area contributed by atoms with E-state index in [-0.39, 0.29) is 0 Å². The average molecular weight is 227 g/mol. The molecule has 0 bridgehead atoms. The van der Waals surface area contributed by atoms with Crippen LogP contribution in [0.2, 0.25) is 0 Å². The second-order valence-electron chi connectivity index (χ2n) is 3.75. The molecule has 0 saturated heterocycles. The van der Waals surface area contributed by atoms with Crippen LogP contribution >= 0.6 is 11.6 Å². The zero-order valence-electron chi connectivity index (χ0n) is 9.54. The third-order valence-electron chi connectivity index (χ3n) is 2.42. The molecule has 2 nitrogen and oxygen atoms in total. The fourth-order valence-electron chi connectivity index (χ4n) is 1.47. The van der Waals surface area contributed by atoms with E-state index >= 15 is 0 Å². The van der Waals surface area contributed by atoms with Crippen LogP contribution in [-0.2, 0) is 5.88 Å². The zero-order chi connectivity index (χ0) is 11.1. The molecule has 1 aromatic heterocycles. The molecular weight excluding hydrogens is 208 g/mol. The van der Waals surface area contributed by atoms with Gasteiger partial charge < -0.3 is 4.90 Å². The van der Waals surface area contributed by atoms with Crippen molar-refractivity contribution >= 4 is 17.4 Å². The van der Waals surface area contributed by atoms with Gasteiger partial charge in [-0.2, -0.15) is 0 Å². The summed E-state index contributed by atoms with van der Waals surface area (Å²) >= 11 is 5.75. The Hall–Kier alpha value is -0.760. The summed E-state index contributed by atoms with van der Waals surface area (Å²) in [5, 5.41) is 0. The molecule has 0 aliphatic heterocycles. The summed E-state index contributed by atoms with van der Waals surface area (Å²) in [7, 11) is 2.08. The van der Waals surface area contributed by atoms with E-state index in [4.69, 9.17) is 11.6 Å². The largest absolute Gasteiger partial charge is 0.360 e. The Balaban J connectivity index is 2.52. The van der Waals surface area contributed by atoms with E-state index in [1.54, 1.807) is 0 Å². The lowest BCUT2D eigenvalue weighted by Crippen LogP contribution is -2.19. The predicted molar refractivity (Wildman–Crippen MR) is 66.6 cm³/mol. The summed E-state index contributed by atoms with van der Waals surface area (Å²) in [6, 6.07) is 5.99. The van der Waals surface area contributed by atoms with Gasteiger partial charge in [-0.15, -0.1) is 11.6 Å². The smallest absolute Gasteiger partial charge is 0.128 e. The minimum Gasteiger partial charge on any atom is -0.360 e. The standard InChI is InChI=1S/C12H19ClN2/c1-3-4-5-9-15(2)12-8-6-7-11(10-13)14-12/h6-8H,3-5,9-10H2,1-2H3. The van der Waals surface area contributed by atoms with Gasteiger partial charge in [0.25, 0.3) is 0 Å². The Morgan fingerprint density at radius 3 is 2.80 bits per heavy atom. The molecule has 15 heavy (non-hydrogen) atoms. The molecule has 1 rings (SSSR count). The van der Waals surface area contributed by atoms with Crippen molar-refractivity contribution in [3.8, 4) is 0 Å². The van der Waals surface area contributed by atoms with E-state index in [2.05, 4.69) is 23.9 Å². The van der Waals surface area contributed by atoms with E-state index in [1.807, 2.05) is 18.2 Å². The van der Waals surface area contributed by atoms with Crippen molar-refractivity contribution in [2.24, 2.45) is 0 Å². The number of alkyl halides is 1. The molecule has 1 heterocycles. The number of hydrogen-bond acceptors (Lipinski definition) is 2. The topological polar surface area (TPSA) is 16.1 Å². The van der Waals surface area contributed by atoms with Gasteiger partial charge in [0.1, 0.15) is 5.82 Å². The van der Waals surface area contributed by atoms with Crippen molar-refractivity contribution in [3.05, 3.63) is 23.9 Å². The number of hydrogen-bond donors (Lipinski definition) is 0.